The molecule has 138 valence electrons. The topological polar surface area (TPSA) is 61.4 Å². The van der Waals surface area contributed by atoms with Crippen LogP contribution in [0, 0.1) is 0 Å². The molecule has 0 aliphatic carbocycles. The van der Waals surface area contributed by atoms with E-state index in [-0.39, 0.29) is 24.9 Å². The van der Waals surface area contributed by atoms with Crippen molar-refractivity contribution >= 4 is 40.9 Å². The van der Waals surface area contributed by atoms with E-state index in [1.807, 2.05) is 42.7 Å². The Morgan fingerprint density at radius 1 is 1.04 bits per heavy atom. The first kappa shape index (κ1) is 20.3. The quantitative estimate of drug-likeness (QED) is 0.678. The maximum Gasteiger partial charge on any atom is 0.238 e. The van der Waals surface area contributed by atoms with Crippen LogP contribution in [0.3, 0.4) is 0 Å². The first-order chi connectivity index (χ1) is 12.5. The number of thioether (sulfide) groups is 1. The second-order valence-corrected chi connectivity index (χ2v) is 7.11. The zero-order valence-electron chi connectivity index (χ0n) is 14.8. The maximum absolute atomic E-state index is 12.2. The second kappa shape index (κ2) is 10.2. The third kappa shape index (κ3) is 6.71. The zero-order valence-corrected chi connectivity index (χ0v) is 16.4. The predicted octanol–water partition coefficient (Wildman–Crippen LogP) is 3.25. The van der Waals surface area contributed by atoms with Gasteiger partial charge in [0.05, 0.1) is 18.8 Å². The Morgan fingerprint density at radius 2 is 1.69 bits per heavy atom. The fraction of sp³-hybridized carbons (Fsp3) is 0.263. The highest BCUT2D eigenvalue weighted by molar-refractivity contribution is 7.98. The van der Waals surface area contributed by atoms with Crippen molar-refractivity contribution in [2.24, 2.45) is 0 Å². The van der Waals surface area contributed by atoms with Gasteiger partial charge in [-0.25, -0.2) is 0 Å². The van der Waals surface area contributed by atoms with Crippen LogP contribution in [0.4, 0.5) is 5.69 Å². The number of nitrogens with one attached hydrogen (secondary N) is 2. The molecule has 0 saturated carbocycles. The number of halogens is 1. The number of para-hydroxylation sites is 1. The molecule has 0 fully saturated rings. The molecule has 0 saturated heterocycles. The predicted molar refractivity (Wildman–Crippen MR) is 108 cm³/mol. The molecule has 5 nitrogen and oxygen atoms in total. The monoisotopic (exact) mass is 391 g/mol. The van der Waals surface area contributed by atoms with Gasteiger partial charge in [-0.05, 0) is 43.1 Å². The molecule has 0 unspecified atom stereocenters. The summed E-state index contributed by atoms with van der Waals surface area (Å²) in [7, 11) is 1.74. The number of benzene rings is 2. The van der Waals surface area contributed by atoms with Crippen molar-refractivity contribution < 1.29 is 9.59 Å². The van der Waals surface area contributed by atoms with Crippen molar-refractivity contribution in [3.05, 3.63) is 59.1 Å². The molecule has 0 bridgehead atoms. The zero-order chi connectivity index (χ0) is 18.9. The minimum atomic E-state index is -0.153. The molecule has 2 N–H and O–H groups in total. The van der Waals surface area contributed by atoms with Crippen molar-refractivity contribution in [1.29, 1.82) is 0 Å². The summed E-state index contributed by atoms with van der Waals surface area (Å²) >= 11 is 7.41. The summed E-state index contributed by atoms with van der Waals surface area (Å²) in [4.78, 5) is 26.9. The SMILES string of the molecule is CSc1ccccc1NC(=O)CN(C)CC(=O)NCc1ccc(Cl)cc1. The van der Waals surface area contributed by atoms with Gasteiger partial charge in [-0.15, -0.1) is 11.8 Å². The van der Waals surface area contributed by atoms with Crippen LogP contribution >= 0.6 is 23.4 Å². The standard InChI is InChI=1S/C19H22ClN3O2S/c1-23(12-18(24)21-11-14-7-9-15(20)10-8-14)13-19(25)22-16-5-3-4-6-17(16)26-2/h3-10H,11-13H2,1-2H3,(H,21,24)(H,22,25). The number of carbonyl (C=O) groups is 2. The summed E-state index contributed by atoms with van der Waals surface area (Å²) in [6, 6.07) is 14.9. The van der Waals surface area contributed by atoms with Crippen molar-refractivity contribution in [2.45, 2.75) is 11.4 Å². The Hall–Kier alpha value is -2.02. The summed E-state index contributed by atoms with van der Waals surface area (Å²) in [5.41, 5.74) is 1.75. The van der Waals surface area contributed by atoms with Crippen LogP contribution in [-0.4, -0.2) is 43.1 Å². The molecule has 2 aromatic rings. The van der Waals surface area contributed by atoms with Crippen LogP contribution in [0.2, 0.25) is 5.02 Å². The Balaban J connectivity index is 1.76. The second-order valence-electron chi connectivity index (χ2n) is 5.82. The molecule has 2 rings (SSSR count). The van der Waals surface area contributed by atoms with Gasteiger partial charge in [0.1, 0.15) is 0 Å². The molecule has 0 aromatic heterocycles. The highest BCUT2D eigenvalue weighted by Gasteiger charge is 2.12. The fourth-order valence-electron chi connectivity index (χ4n) is 2.34. The van der Waals surface area contributed by atoms with E-state index in [1.165, 1.54) is 0 Å². The number of carbonyl (C=O) groups excluding carboxylic acids is 2. The van der Waals surface area contributed by atoms with Gasteiger partial charge in [0.15, 0.2) is 0 Å². The number of hydrogen-bond donors (Lipinski definition) is 2. The third-order valence-corrected chi connectivity index (χ3v) is 4.66. The van der Waals surface area contributed by atoms with Gasteiger partial charge < -0.3 is 10.6 Å². The number of amides is 2. The first-order valence-corrected chi connectivity index (χ1v) is 9.70. The Bertz CT molecular complexity index is 753. The van der Waals surface area contributed by atoms with E-state index >= 15 is 0 Å². The molecule has 0 aliphatic heterocycles. The lowest BCUT2D eigenvalue weighted by Crippen LogP contribution is -2.38. The van der Waals surface area contributed by atoms with Crippen molar-refractivity contribution in [3.8, 4) is 0 Å². The molecule has 0 atom stereocenters. The largest absolute Gasteiger partial charge is 0.351 e. The Morgan fingerprint density at radius 3 is 2.38 bits per heavy atom. The van der Waals surface area contributed by atoms with Gasteiger partial charge >= 0.3 is 0 Å². The minimum absolute atomic E-state index is 0.136. The summed E-state index contributed by atoms with van der Waals surface area (Å²) in [5.74, 6) is -0.292. The van der Waals surface area contributed by atoms with Crippen molar-refractivity contribution in [3.63, 3.8) is 0 Å². The lowest BCUT2D eigenvalue weighted by Gasteiger charge is -2.17. The number of rotatable bonds is 8. The molecule has 2 aromatic carbocycles. The third-order valence-electron chi connectivity index (χ3n) is 3.61. The Kier molecular flexibility index (Phi) is 7.97. The van der Waals surface area contributed by atoms with E-state index < -0.39 is 0 Å². The smallest absolute Gasteiger partial charge is 0.238 e. The van der Waals surface area contributed by atoms with Crippen LogP contribution < -0.4 is 10.6 Å². The average Bonchev–Trinajstić information content (AvgIpc) is 2.61. The fourth-order valence-corrected chi connectivity index (χ4v) is 3.02. The number of anilines is 1. The van der Waals surface area contributed by atoms with Gasteiger partial charge in [-0.1, -0.05) is 35.9 Å². The van der Waals surface area contributed by atoms with E-state index in [2.05, 4.69) is 10.6 Å². The van der Waals surface area contributed by atoms with Gasteiger partial charge in [0, 0.05) is 16.5 Å². The molecule has 2 amide bonds. The van der Waals surface area contributed by atoms with E-state index in [1.54, 1.807) is 35.8 Å². The number of likely N-dealkylation sites (N-methyl/N-ethyl adjacent to an activating group) is 1. The van der Waals surface area contributed by atoms with Gasteiger partial charge in [0.25, 0.3) is 0 Å². The summed E-state index contributed by atoms with van der Waals surface area (Å²) < 4.78 is 0. The molecule has 0 spiro atoms. The maximum atomic E-state index is 12.2. The molecular weight excluding hydrogens is 370 g/mol. The van der Waals surface area contributed by atoms with Crippen LogP contribution in [0.15, 0.2) is 53.4 Å². The highest BCUT2D eigenvalue weighted by atomic mass is 35.5. The normalized spacial score (nSPS) is 10.6. The first-order valence-electron chi connectivity index (χ1n) is 8.10. The summed E-state index contributed by atoms with van der Waals surface area (Å²) in [6.07, 6.45) is 1.96. The molecule has 7 heteroatoms. The van der Waals surface area contributed by atoms with E-state index in [9.17, 15) is 9.59 Å². The molecule has 26 heavy (non-hydrogen) atoms. The highest BCUT2D eigenvalue weighted by Crippen LogP contribution is 2.24. The number of hydrogen-bond acceptors (Lipinski definition) is 4. The average molecular weight is 392 g/mol. The lowest BCUT2D eigenvalue weighted by atomic mass is 10.2. The van der Waals surface area contributed by atoms with Gasteiger partial charge in [-0.2, -0.15) is 0 Å². The van der Waals surface area contributed by atoms with Crippen LogP contribution in [0.25, 0.3) is 0 Å². The molecule has 0 heterocycles. The van der Waals surface area contributed by atoms with E-state index in [0.29, 0.717) is 11.6 Å². The Labute approximate surface area is 163 Å². The molecular formula is C19H22ClN3O2S. The van der Waals surface area contributed by atoms with Crippen molar-refractivity contribution in [2.75, 3.05) is 31.7 Å². The van der Waals surface area contributed by atoms with E-state index in [0.717, 1.165) is 16.1 Å². The molecule has 0 radical (unpaired) electrons. The lowest BCUT2D eigenvalue weighted by molar-refractivity contribution is -0.123. The van der Waals surface area contributed by atoms with Gasteiger partial charge in [-0.3, -0.25) is 14.5 Å². The summed E-state index contributed by atoms with van der Waals surface area (Å²) in [6.45, 7) is 0.708. The van der Waals surface area contributed by atoms with Crippen molar-refractivity contribution in [1.82, 2.24) is 10.2 Å². The van der Waals surface area contributed by atoms with E-state index in [4.69, 9.17) is 11.6 Å². The summed E-state index contributed by atoms with van der Waals surface area (Å²) in [5, 5.41) is 6.38. The van der Waals surface area contributed by atoms with Crippen LogP contribution in [0.5, 0.6) is 0 Å². The van der Waals surface area contributed by atoms with Crippen LogP contribution in [-0.2, 0) is 16.1 Å². The molecule has 0 aliphatic rings. The minimum Gasteiger partial charge on any atom is -0.351 e. The van der Waals surface area contributed by atoms with Crippen LogP contribution in [0.1, 0.15) is 5.56 Å². The number of nitrogens with zero attached hydrogens (tertiary/aromatic N) is 1. The van der Waals surface area contributed by atoms with Gasteiger partial charge in [0.2, 0.25) is 11.8 Å².